The van der Waals surface area contributed by atoms with Crippen molar-refractivity contribution in [2.24, 2.45) is 0 Å². The maximum Gasteiger partial charge on any atom is 0.353 e. The molecule has 90 valence electrons. The van der Waals surface area contributed by atoms with Crippen LogP contribution in [0, 0.1) is 0 Å². The van der Waals surface area contributed by atoms with E-state index in [0.717, 1.165) is 20.9 Å². The van der Waals surface area contributed by atoms with Gasteiger partial charge in [-0.3, -0.25) is 5.10 Å². The van der Waals surface area contributed by atoms with E-state index in [-0.39, 0.29) is 5.69 Å². The first-order valence-electron chi connectivity index (χ1n) is 5.21. The second-order valence-electron chi connectivity index (χ2n) is 3.84. The van der Waals surface area contributed by atoms with Crippen LogP contribution in [0.25, 0.3) is 22.2 Å². The number of carboxylic acids is 1. The highest BCUT2D eigenvalue weighted by Gasteiger charge is 2.13. The maximum absolute atomic E-state index is 10.8. The van der Waals surface area contributed by atoms with Gasteiger partial charge in [-0.25, -0.2) is 4.79 Å². The average Bonchev–Trinajstić information content (AvgIpc) is 2.94. The molecular formula is C12H8BrN3O2. The molecule has 0 spiro atoms. The molecule has 2 aromatic heterocycles. The number of para-hydroxylation sites is 1. The molecule has 0 saturated heterocycles. The van der Waals surface area contributed by atoms with Crippen molar-refractivity contribution in [3.63, 3.8) is 0 Å². The number of carboxylic acid groups (broad SMARTS) is 1. The minimum Gasteiger partial charge on any atom is -0.477 e. The molecule has 0 fully saturated rings. The molecule has 5 nitrogen and oxygen atoms in total. The fraction of sp³-hybridized carbons (Fsp3) is 0. The van der Waals surface area contributed by atoms with E-state index < -0.39 is 5.97 Å². The van der Waals surface area contributed by atoms with Crippen molar-refractivity contribution in [3.05, 3.63) is 40.6 Å². The highest BCUT2D eigenvalue weighted by atomic mass is 79.9. The van der Waals surface area contributed by atoms with Gasteiger partial charge in [0.2, 0.25) is 0 Å². The van der Waals surface area contributed by atoms with Crippen molar-refractivity contribution in [3.8, 4) is 11.3 Å². The normalized spacial score (nSPS) is 10.9. The molecule has 0 aliphatic rings. The molecule has 0 amide bonds. The van der Waals surface area contributed by atoms with Gasteiger partial charge in [0, 0.05) is 21.6 Å². The number of rotatable bonds is 2. The van der Waals surface area contributed by atoms with Crippen LogP contribution in [0.15, 0.2) is 34.9 Å². The lowest BCUT2D eigenvalue weighted by Crippen LogP contribution is -1.95. The highest BCUT2D eigenvalue weighted by molar-refractivity contribution is 9.10. The molecule has 0 aliphatic heterocycles. The van der Waals surface area contributed by atoms with Crippen LogP contribution in [0.5, 0.6) is 0 Å². The van der Waals surface area contributed by atoms with E-state index >= 15 is 0 Å². The zero-order valence-corrected chi connectivity index (χ0v) is 10.7. The van der Waals surface area contributed by atoms with Gasteiger partial charge in [0.15, 0.2) is 0 Å². The van der Waals surface area contributed by atoms with Crippen LogP contribution < -0.4 is 0 Å². The fourth-order valence-corrected chi connectivity index (χ4v) is 2.38. The van der Waals surface area contributed by atoms with Gasteiger partial charge >= 0.3 is 5.97 Å². The van der Waals surface area contributed by atoms with Crippen molar-refractivity contribution in [2.45, 2.75) is 0 Å². The topological polar surface area (TPSA) is 81.8 Å². The predicted octanol–water partition coefficient (Wildman–Crippen LogP) is 3.02. The highest BCUT2D eigenvalue weighted by Crippen LogP contribution is 2.31. The largest absolute Gasteiger partial charge is 0.477 e. The van der Waals surface area contributed by atoms with Crippen LogP contribution in [0.3, 0.4) is 0 Å². The Morgan fingerprint density at radius 1 is 1.39 bits per heavy atom. The van der Waals surface area contributed by atoms with Crippen molar-refractivity contribution in [1.82, 2.24) is 15.2 Å². The summed E-state index contributed by atoms with van der Waals surface area (Å²) < 4.78 is 0.959. The second kappa shape index (κ2) is 3.99. The molecule has 18 heavy (non-hydrogen) atoms. The summed E-state index contributed by atoms with van der Waals surface area (Å²) in [6.07, 6.45) is 1.82. The van der Waals surface area contributed by atoms with Crippen LogP contribution in [-0.4, -0.2) is 26.3 Å². The van der Waals surface area contributed by atoms with Crippen molar-refractivity contribution < 1.29 is 9.90 Å². The molecular weight excluding hydrogens is 298 g/mol. The van der Waals surface area contributed by atoms with Gasteiger partial charge in [-0.1, -0.05) is 12.1 Å². The van der Waals surface area contributed by atoms with Crippen molar-refractivity contribution in [2.75, 3.05) is 0 Å². The Bertz CT molecular complexity index is 745. The number of fused-ring (bicyclic) bond motifs is 1. The van der Waals surface area contributed by atoms with E-state index in [1.165, 1.54) is 6.07 Å². The summed E-state index contributed by atoms with van der Waals surface area (Å²) in [7, 11) is 0. The van der Waals surface area contributed by atoms with E-state index in [4.69, 9.17) is 5.11 Å². The molecule has 0 saturated carbocycles. The van der Waals surface area contributed by atoms with Gasteiger partial charge in [-0.2, -0.15) is 5.10 Å². The summed E-state index contributed by atoms with van der Waals surface area (Å²) in [5.41, 5.74) is 2.52. The first-order chi connectivity index (χ1) is 8.66. The third kappa shape index (κ3) is 1.62. The van der Waals surface area contributed by atoms with Gasteiger partial charge in [0.05, 0.1) is 11.2 Å². The molecule has 0 radical (unpaired) electrons. The standard InChI is InChI=1S/C12H8BrN3O2/c13-8-3-1-2-6-7(5-14-11(6)8)9-4-10(12(17)18)16-15-9/h1-5,14H,(H,15,16)(H,17,18). The van der Waals surface area contributed by atoms with E-state index in [1.807, 2.05) is 24.4 Å². The maximum atomic E-state index is 10.8. The van der Waals surface area contributed by atoms with Gasteiger partial charge in [-0.05, 0) is 28.1 Å². The SMILES string of the molecule is O=C(O)c1cc(-c2c[nH]c3c(Br)cccc23)n[nH]1. The number of hydrogen-bond donors (Lipinski definition) is 3. The van der Waals surface area contributed by atoms with Crippen LogP contribution in [-0.2, 0) is 0 Å². The van der Waals surface area contributed by atoms with Crippen molar-refractivity contribution in [1.29, 1.82) is 0 Å². The Morgan fingerprint density at radius 3 is 2.94 bits per heavy atom. The van der Waals surface area contributed by atoms with E-state index in [1.54, 1.807) is 0 Å². The van der Waals surface area contributed by atoms with Crippen LogP contribution >= 0.6 is 15.9 Å². The number of benzene rings is 1. The number of aromatic carboxylic acids is 1. The number of H-pyrrole nitrogens is 2. The monoisotopic (exact) mass is 305 g/mol. The molecule has 0 unspecified atom stereocenters. The molecule has 3 aromatic rings. The summed E-state index contributed by atoms with van der Waals surface area (Å²) in [5, 5.41) is 16.4. The Labute approximate surface area is 110 Å². The van der Waals surface area contributed by atoms with E-state index in [0.29, 0.717) is 5.69 Å². The summed E-state index contributed by atoms with van der Waals surface area (Å²) in [4.78, 5) is 14.0. The first-order valence-corrected chi connectivity index (χ1v) is 6.01. The van der Waals surface area contributed by atoms with Crippen LogP contribution in [0.2, 0.25) is 0 Å². The van der Waals surface area contributed by atoms with Crippen LogP contribution in [0.4, 0.5) is 0 Å². The molecule has 0 aliphatic carbocycles. The predicted molar refractivity (Wildman–Crippen MR) is 70.5 cm³/mol. The Hall–Kier alpha value is -2.08. The molecule has 3 rings (SSSR count). The number of halogens is 1. The van der Waals surface area contributed by atoms with Gasteiger partial charge in [0.1, 0.15) is 5.69 Å². The Kier molecular flexibility index (Phi) is 2.45. The molecule has 1 aromatic carbocycles. The van der Waals surface area contributed by atoms with Gasteiger partial charge in [-0.15, -0.1) is 0 Å². The number of hydrogen-bond acceptors (Lipinski definition) is 2. The zero-order chi connectivity index (χ0) is 12.7. The summed E-state index contributed by atoms with van der Waals surface area (Å²) in [5.74, 6) is -1.02. The molecule has 0 atom stereocenters. The molecule has 0 bridgehead atoms. The molecule has 2 heterocycles. The number of carbonyl (C=O) groups is 1. The summed E-state index contributed by atoms with van der Waals surface area (Å²) in [6, 6.07) is 7.34. The lowest BCUT2D eigenvalue weighted by molar-refractivity contribution is 0.0690. The number of nitrogens with one attached hydrogen (secondary N) is 2. The van der Waals surface area contributed by atoms with Crippen LogP contribution in [0.1, 0.15) is 10.5 Å². The van der Waals surface area contributed by atoms with Gasteiger partial charge in [0.25, 0.3) is 0 Å². The lowest BCUT2D eigenvalue weighted by Gasteiger charge is -1.95. The zero-order valence-electron chi connectivity index (χ0n) is 9.07. The van der Waals surface area contributed by atoms with E-state index in [2.05, 4.69) is 31.1 Å². The number of aromatic amines is 2. The molecule has 6 heteroatoms. The summed E-state index contributed by atoms with van der Waals surface area (Å²) in [6.45, 7) is 0. The summed E-state index contributed by atoms with van der Waals surface area (Å²) >= 11 is 3.46. The quantitative estimate of drug-likeness (QED) is 0.680. The third-order valence-corrected chi connectivity index (χ3v) is 3.41. The fourth-order valence-electron chi connectivity index (χ4n) is 1.90. The number of aromatic nitrogens is 3. The first kappa shape index (κ1) is 11.0. The Balaban J connectivity index is 2.19. The van der Waals surface area contributed by atoms with Gasteiger partial charge < -0.3 is 10.1 Å². The third-order valence-electron chi connectivity index (χ3n) is 2.75. The second-order valence-corrected chi connectivity index (χ2v) is 4.69. The lowest BCUT2D eigenvalue weighted by atomic mass is 10.1. The van der Waals surface area contributed by atoms with Crippen molar-refractivity contribution >= 4 is 32.8 Å². The number of nitrogens with zero attached hydrogens (tertiary/aromatic N) is 1. The smallest absolute Gasteiger partial charge is 0.353 e. The minimum absolute atomic E-state index is 0.0781. The molecule has 3 N–H and O–H groups in total. The average molecular weight is 306 g/mol. The Morgan fingerprint density at radius 2 is 2.22 bits per heavy atom. The van der Waals surface area contributed by atoms with E-state index in [9.17, 15) is 4.79 Å². The minimum atomic E-state index is -1.02.